The van der Waals surface area contributed by atoms with Crippen molar-refractivity contribution in [1.29, 1.82) is 0 Å². The summed E-state index contributed by atoms with van der Waals surface area (Å²) in [7, 11) is 3.00. The maximum absolute atomic E-state index is 14.7. The molecular formula is C31H35F2N5O6. The summed E-state index contributed by atoms with van der Waals surface area (Å²) >= 11 is 0. The lowest BCUT2D eigenvalue weighted by Crippen LogP contribution is -2.51. The van der Waals surface area contributed by atoms with Crippen LogP contribution in [0, 0.1) is 11.6 Å². The van der Waals surface area contributed by atoms with E-state index in [1.54, 1.807) is 29.9 Å². The van der Waals surface area contributed by atoms with Gasteiger partial charge in [0, 0.05) is 50.2 Å². The molecule has 1 fully saturated rings. The van der Waals surface area contributed by atoms with Crippen molar-refractivity contribution in [1.82, 2.24) is 18.9 Å². The fourth-order valence-electron chi connectivity index (χ4n) is 5.91. The molecule has 2 aromatic carbocycles. The summed E-state index contributed by atoms with van der Waals surface area (Å²) in [5, 5.41) is 2.97. The first-order valence-electron chi connectivity index (χ1n) is 14.4. The number of anilines is 1. The molecule has 1 atom stereocenters. The molecular weight excluding hydrogens is 576 g/mol. The van der Waals surface area contributed by atoms with Gasteiger partial charge in [-0.1, -0.05) is 12.1 Å². The standard InChI is InChI=1S/C31H35F2N5O6/c1-19(18-43-2)38-29(40)24(23-5-4-6-25(32)28(23)33)16-36(31(38)42)17-27(39)35-12-10-21(11-13-35)37-14-9-20-15-22(44-3)7-8-26(20)34-30(37)41/h4-8,15-16,19,21H,9-14,17-18H2,1-3H3,(H,34,41). The summed E-state index contributed by atoms with van der Waals surface area (Å²) in [5.41, 5.74) is -0.411. The van der Waals surface area contributed by atoms with Crippen molar-refractivity contribution in [3.63, 3.8) is 0 Å². The highest BCUT2D eigenvalue weighted by atomic mass is 19.2. The van der Waals surface area contributed by atoms with Crippen LogP contribution in [0.4, 0.5) is 19.3 Å². The average molecular weight is 612 g/mol. The number of piperidine rings is 1. The molecule has 2 aliphatic rings. The van der Waals surface area contributed by atoms with E-state index in [1.807, 2.05) is 12.1 Å². The molecule has 0 saturated carbocycles. The van der Waals surface area contributed by atoms with Crippen molar-refractivity contribution in [2.24, 2.45) is 0 Å². The molecule has 0 aliphatic carbocycles. The monoisotopic (exact) mass is 611 g/mol. The number of fused-ring (bicyclic) bond motifs is 1. The number of rotatable bonds is 8. The highest BCUT2D eigenvalue weighted by Crippen LogP contribution is 2.28. The lowest BCUT2D eigenvalue weighted by molar-refractivity contribution is -0.133. The van der Waals surface area contributed by atoms with Crippen LogP contribution in [0.5, 0.6) is 5.75 Å². The number of hydrogen-bond donors (Lipinski definition) is 1. The van der Waals surface area contributed by atoms with Crippen LogP contribution in [0.1, 0.15) is 31.4 Å². The topological polar surface area (TPSA) is 115 Å². The number of hydrogen-bond acceptors (Lipinski definition) is 6. The first kappa shape index (κ1) is 30.9. The molecule has 3 heterocycles. The van der Waals surface area contributed by atoms with Crippen LogP contribution in [0.25, 0.3) is 11.1 Å². The number of methoxy groups -OCH3 is 2. The Labute approximate surface area is 252 Å². The quantitative estimate of drug-likeness (QED) is 0.418. The Balaban J connectivity index is 1.32. The minimum absolute atomic E-state index is 0.00833. The van der Waals surface area contributed by atoms with Crippen molar-refractivity contribution < 1.29 is 27.8 Å². The third-order valence-corrected chi connectivity index (χ3v) is 8.28. The zero-order valence-electron chi connectivity index (χ0n) is 24.8. The summed E-state index contributed by atoms with van der Waals surface area (Å²) in [6, 6.07) is 7.96. The van der Waals surface area contributed by atoms with Gasteiger partial charge in [0.2, 0.25) is 5.91 Å². The Bertz CT molecular complexity index is 1680. The number of nitrogens with zero attached hydrogens (tertiary/aromatic N) is 4. The molecule has 1 aromatic heterocycles. The van der Waals surface area contributed by atoms with E-state index in [0.29, 0.717) is 44.6 Å². The number of carbonyl (C=O) groups is 2. The molecule has 3 aromatic rings. The third kappa shape index (κ3) is 6.09. The van der Waals surface area contributed by atoms with Crippen LogP contribution >= 0.6 is 0 Å². The summed E-state index contributed by atoms with van der Waals surface area (Å²) in [6.07, 6.45) is 2.84. The number of benzene rings is 2. The van der Waals surface area contributed by atoms with Gasteiger partial charge in [-0.15, -0.1) is 0 Å². The summed E-state index contributed by atoms with van der Waals surface area (Å²) in [6.45, 7) is 2.41. The van der Waals surface area contributed by atoms with Crippen molar-refractivity contribution in [2.45, 2.75) is 44.8 Å². The van der Waals surface area contributed by atoms with Gasteiger partial charge in [-0.3, -0.25) is 18.7 Å². The first-order chi connectivity index (χ1) is 21.1. The summed E-state index contributed by atoms with van der Waals surface area (Å²) in [4.78, 5) is 56.6. The Kier molecular flexibility index (Phi) is 9.14. The zero-order chi connectivity index (χ0) is 31.5. The second-order valence-corrected chi connectivity index (χ2v) is 11.0. The Morgan fingerprint density at radius 1 is 1.05 bits per heavy atom. The van der Waals surface area contributed by atoms with E-state index in [0.717, 1.165) is 32.6 Å². The number of halogens is 2. The lowest BCUT2D eigenvalue weighted by atomic mass is 10.0. The van der Waals surface area contributed by atoms with Gasteiger partial charge in [0.05, 0.1) is 25.3 Å². The van der Waals surface area contributed by atoms with Crippen LogP contribution in [0.2, 0.25) is 0 Å². The maximum Gasteiger partial charge on any atom is 0.331 e. The fraction of sp³-hybridized carbons (Fsp3) is 0.419. The van der Waals surface area contributed by atoms with E-state index in [9.17, 15) is 28.0 Å². The molecule has 0 radical (unpaired) electrons. The number of urea groups is 1. The van der Waals surface area contributed by atoms with Gasteiger partial charge in [0.1, 0.15) is 12.3 Å². The maximum atomic E-state index is 14.7. The molecule has 234 valence electrons. The number of ether oxygens (including phenoxy) is 2. The Hall–Kier alpha value is -4.52. The average Bonchev–Trinajstić information content (AvgIpc) is 3.17. The molecule has 1 saturated heterocycles. The molecule has 13 heteroatoms. The number of aromatic nitrogens is 2. The van der Waals surface area contributed by atoms with Gasteiger partial charge in [-0.2, -0.15) is 0 Å². The number of likely N-dealkylation sites (tertiary alicyclic amines) is 1. The molecule has 5 rings (SSSR count). The van der Waals surface area contributed by atoms with Gasteiger partial charge in [-0.05, 0) is 56.0 Å². The van der Waals surface area contributed by atoms with Gasteiger partial charge in [-0.25, -0.2) is 18.4 Å². The predicted octanol–water partition coefficient (Wildman–Crippen LogP) is 3.25. The lowest BCUT2D eigenvalue weighted by Gasteiger charge is -2.38. The summed E-state index contributed by atoms with van der Waals surface area (Å²) < 4.78 is 41.2. The van der Waals surface area contributed by atoms with Crippen LogP contribution in [-0.2, 0) is 22.5 Å². The minimum atomic E-state index is -1.23. The van der Waals surface area contributed by atoms with Gasteiger partial charge in [0.15, 0.2) is 11.6 Å². The van der Waals surface area contributed by atoms with Crippen LogP contribution in [0.3, 0.4) is 0 Å². The van der Waals surface area contributed by atoms with Crippen molar-refractivity contribution in [3.05, 3.63) is 80.6 Å². The Morgan fingerprint density at radius 2 is 1.80 bits per heavy atom. The SMILES string of the molecule is COCC(C)n1c(=O)c(-c2cccc(F)c2F)cn(CC(=O)N2CCC(N3CCc4cc(OC)ccc4NC3=O)CC2)c1=O. The second kappa shape index (κ2) is 13.0. The van der Waals surface area contributed by atoms with Crippen LogP contribution in [0.15, 0.2) is 52.2 Å². The van der Waals surface area contributed by atoms with Gasteiger partial charge < -0.3 is 24.6 Å². The highest BCUT2D eigenvalue weighted by molar-refractivity contribution is 5.91. The smallest absolute Gasteiger partial charge is 0.331 e. The van der Waals surface area contributed by atoms with Crippen LogP contribution in [-0.4, -0.2) is 77.4 Å². The third-order valence-electron chi connectivity index (χ3n) is 8.28. The largest absolute Gasteiger partial charge is 0.497 e. The molecule has 3 amide bonds. The van der Waals surface area contributed by atoms with E-state index in [-0.39, 0.29) is 35.7 Å². The molecule has 11 nitrogen and oxygen atoms in total. The number of amides is 3. The fourth-order valence-corrected chi connectivity index (χ4v) is 5.91. The normalized spacial score (nSPS) is 16.2. The minimum Gasteiger partial charge on any atom is -0.497 e. The molecule has 2 aliphatic heterocycles. The van der Waals surface area contributed by atoms with E-state index < -0.39 is 35.5 Å². The zero-order valence-corrected chi connectivity index (χ0v) is 24.8. The van der Waals surface area contributed by atoms with E-state index in [1.165, 1.54) is 19.2 Å². The van der Waals surface area contributed by atoms with Gasteiger partial charge in [0.25, 0.3) is 5.56 Å². The summed E-state index contributed by atoms with van der Waals surface area (Å²) in [5.74, 6) is -2.03. The highest BCUT2D eigenvalue weighted by Gasteiger charge is 2.32. The van der Waals surface area contributed by atoms with Crippen LogP contribution < -0.4 is 21.3 Å². The van der Waals surface area contributed by atoms with E-state index in [4.69, 9.17) is 9.47 Å². The van der Waals surface area contributed by atoms with Gasteiger partial charge >= 0.3 is 11.7 Å². The van der Waals surface area contributed by atoms with Crippen molar-refractivity contribution in [2.75, 3.05) is 45.8 Å². The molecule has 0 bridgehead atoms. The van der Waals surface area contributed by atoms with E-state index in [2.05, 4.69) is 5.32 Å². The predicted molar refractivity (Wildman–Crippen MR) is 159 cm³/mol. The molecule has 1 unspecified atom stereocenters. The number of nitrogens with one attached hydrogen (secondary N) is 1. The Morgan fingerprint density at radius 3 is 2.50 bits per heavy atom. The molecule has 0 spiro atoms. The first-order valence-corrected chi connectivity index (χ1v) is 14.4. The van der Waals surface area contributed by atoms with E-state index >= 15 is 0 Å². The molecule has 44 heavy (non-hydrogen) atoms. The number of carbonyl (C=O) groups excluding carboxylic acids is 2. The van der Waals surface area contributed by atoms with Crippen molar-refractivity contribution >= 4 is 17.6 Å². The molecule has 1 N–H and O–H groups in total. The second-order valence-electron chi connectivity index (χ2n) is 11.0. The van der Waals surface area contributed by atoms with Crippen molar-refractivity contribution in [3.8, 4) is 16.9 Å².